The van der Waals surface area contributed by atoms with Gasteiger partial charge in [-0.3, -0.25) is 4.79 Å². The second-order valence-electron chi connectivity index (χ2n) is 5.22. The Morgan fingerprint density at radius 3 is 2.47 bits per heavy atom. The van der Waals surface area contributed by atoms with Crippen molar-refractivity contribution < 1.29 is 19.4 Å². The minimum Gasteiger partial charge on any atom is -0.481 e. The summed E-state index contributed by atoms with van der Waals surface area (Å²) in [5, 5.41) is 9.04. The predicted molar refractivity (Wildman–Crippen MR) is 73.3 cm³/mol. The molecule has 1 aromatic carbocycles. The van der Waals surface area contributed by atoms with E-state index in [-0.39, 0.29) is 12.5 Å². The first-order chi connectivity index (χ1) is 8.92. The molecule has 1 N–H and O–H groups in total. The molecule has 0 radical (unpaired) electrons. The molecular weight excluding hydrogens is 244 g/mol. The SMILES string of the molecule is COCC(OC)c1ccccc1C(C)(C)CC(=O)O. The van der Waals surface area contributed by atoms with Gasteiger partial charge in [-0.2, -0.15) is 0 Å². The van der Waals surface area contributed by atoms with Crippen molar-refractivity contribution in [1.82, 2.24) is 0 Å². The molecule has 0 aromatic heterocycles. The van der Waals surface area contributed by atoms with Crippen LogP contribution in [0, 0.1) is 0 Å². The maximum Gasteiger partial charge on any atom is 0.304 e. The normalized spacial score (nSPS) is 13.3. The number of carboxylic acid groups (broad SMARTS) is 1. The zero-order chi connectivity index (χ0) is 14.5. The quantitative estimate of drug-likeness (QED) is 0.824. The molecule has 4 nitrogen and oxygen atoms in total. The summed E-state index contributed by atoms with van der Waals surface area (Å²) < 4.78 is 10.6. The third-order valence-electron chi connectivity index (χ3n) is 3.23. The van der Waals surface area contributed by atoms with Crippen molar-refractivity contribution >= 4 is 5.97 Å². The molecule has 19 heavy (non-hydrogen) atoms. The Balaban J connectivity index is 3.17. The fraction of sp³-hybridized carbons (Fsp3) is 0.533. The molecule has 0 fully saturated rings. The molecule has 1 unspecified atom stereocenters. The van der Waals surface area contributed by atoms with E-state index < -0.39 is 11.4 Å². The van der Waals surface area contributed by atoms with E-state index in [1.807, 2.05) is 38.1 Å². The van der Waals surface area contributed by atoms with Gasteiger partial charge in [-0.1, -0.05) is 38.1 Å². The van der Waals surface area contributed by atoms with Crippen LogP contribution in [0.1, 0.15) is 37.5 Å². The number of methoxy groups -OCH3 is 2. The largest absolute Gasteiger partial charge is 0.481 e. The van der Waals surface area contributed by atoms with Gasteiger partial charge >= 0.3 is 5.97 Å². The Bertz CT molecular complexity index is 426. The van der Waals surface area contributed by atoms with Gasteiger partial charge in [0, 0.05) is 19.6 Å². The summed E-state index contributed by atoms with van der Waals surface area (Å²) in [5.74, 6) is -0.805. The van der Waals surface area contributed by atoms with Crippen LogP contribution in [0.5, 0.6) is 0 Å². The maximum absolute atomic E-state index is 11.0. The Labute approximate surface area is 114 Å². The number of carboxylic acids is 1. The van der Waals surface area contributed by atoms with Crippen molar-refractivity contribution in [2.75, 3.05) is 20.8 Å². The zero-order valence-electron chi connectivity index (χ0n) is 12.0. The number of benzene rings is 1. The second kappa shape index (κ2) is 6.68. The lowest BCUT2D eigenvalue weighted by Crippen LogP contribution is -2.25. The molecule has 0 saturated heterocycles. The molecular formula is C15H22O4. The van der Waals surface area contributed by atoms with E-state index in [2.05, 4.69) is 0 Å². The lowest BCUT2D eigenvalue weighted by atomic mass is 9.78. The van der Waals surface area contributed by atoms with Gasteiger partial charge in [0.25, 0.3) is 0 Å². The van der Waals surface area contributed by atoms with E-state index in [0.29, 0.717) is 6.61 Å². The first-order valence-corrected chi connectivity index (χ1v) is 6.25. The zero-order valence-corrected chi connectivity index (χ0v) is 12.0. The highest BCUT2D eigenvalue weighted by Crippen LogP contribution is 2.33. The summed E-state index contributed by atoms with van der Waals surface area (Å²) in [7, 11) is 3.25. The molecule has 106 valence electrons. The van der Waals surface area contributed by atoms with Gasteiger partial charge in [0.15, 0.2) is 0 Å². The summed E-state index contributed by atoms with van der Waals surface area (Å²) in [5.41, 5.74) is 1.52. The minimum atomic E-state index is -0.805. The smallest absolute Gasteiger partial charge is 0.304 e. The lowest BCUT2D eigenvalue weighted by molar-refractivity contribution is -0.138. The number of aliphatic carboxylic acids is 1. The van der Waals surface area contributed by atoms with Crippen molar-refractivity contribution in [1.29, 1.82) is 0 Å². The molecule has 0 bridgehead atoms. The highest BCUT2D eigenvalue weighted by Gasteiger charge is 2.28. The molecule has 0 spiro atoms. The van der Waals surface area contributed by atoms with Gasteiger partial charge in [0.05, 0.1) is 13.0 Å². The summed E-state index contributed by atoms with van der Waals surface area (Å²) in [4.78, 5) is 11.0. The van der Waals surface area contributed by atoms with Gasteiger partial charge in [-0.25, -0.2) is 0 Å². The Kier molecular flexibility index (Phi) is 5.51. The van der Waals surface area contributed by atoms with E-state index >= 15 is 0 Å². The third kappa shape index (κ3) is 4.04. The van der Waals surface area contributed by atoms with E-state index in [0.717, 1.165) is 11.1 Å². The standard InChI is InChI=1S/C15H22O4/c1-15(2,9-14(16)17)12-8-6-5-7-11(12)13(19-4)10-18-3/h5-8,13H,9-10H2,1-4H3,(H,16,17). The molecule has 1 rings (SSSR count). The minimum absolute atomic E-state index is 0.0768. The maximum atomic E-state index is 11.0. The fourth-order valence-electron chi connectivity index (χ4n) is 2.30. The van der Waals surface area contributed by atoms with Gasteiger partial charge in [-0.15, -0.1) is 0 Å². The monoisotopic (exact) mass is 266 g/mol. The summed E-state index contributed by atoms with van der Waals surface area (Å²) in [6.45, 7) is 4.30. The number of carbonyl (C=O) groups is 1. The van der Waals surface area contributed by atoms with Crippen LogP contribution in [0.3, 0.4) is 0 Å². The second-order valence-corrected chi connectivity index (χ2v) is 5.22. The van der Waals surface area contributed by atoms with E-state index in [1.165, 1.54) is 0 Å². The number of hydrogen-bond acceptors (Lipinski definition) is 3. The number of hydrogen-bond donors (Lipinski definition) is 1. The van der Waals surface area contributed by atoms with Gasteiger partial charge in [0.2, 0.25) is 0 Å². The van der Waals surface area contributed by atoms with Crippen molar-refractivity contribution in [3.05, 3.63) is 35.4 Å². The summed E-state index contributed by atoms with van der Waals surface area (Å²) >= 11 is 0. The van der Waals surface area contributed by atoms with E-state index in [1.54, 1.807) is 14.2 Å². The molecule has 1 aromatic rings. The number of rotatable bonds is 7. The molecule has 0 amide bonds. The van der Waals surface area contributed by atoms with Crippen LogP contribution in [0.4, 0.5) is 0 Å². The van der Waals surface area contributed by atoms with Gasteiger partial charge in [0.1, 0.15) is 6.10 Å². The molecule has 1 atom stereocenters. The van der Waals surface area contributed by atoms with Crippen LogP contribution in [0.25, 0.3) is 0 Å². The van der Waals surface area contributed by atoms with Crippen molar-refractivity contribution in [2.45, 2.75) is 31.8 Å². The third-order valence-corrected chi connectivity index (χ3v) is 3.23. The van der Waals surface area contributed by atoms with Gasteiger partial charge in [-0.05, 0) is 11.1 Å². The predicted octanol–water partition coefficient (Wildman–Crippen LogP) is 2.77. The van der Waals surface area contributed by atoms with Crippen LogP contribution < -0.4 is 0 Å². The first kappa shape index (κ1) is 15.7. The summed E-state index contributed by atoms with van der Waals surface area (Å²) in [6, 6.07) is 7.77. The van der Waals surface area contributed by atoms with Crippen molar-refractivity contribution in [3.8, 4) is 0 Å². The Morgan fingerprint density at radius 1 is 1.32 bits per heavy atom. The average molecular weight is 266 g/mol. The molecule has 4 heteroatoms. The highest BCUT2D eigenvalue weighted by atomic mass is 16.5. The molecule has 0 saturated carbocycles. The first-order valence-electron chi connectivity index (χ1n) is 6.25. The fourth-order valence-corrected chi connectivity index (χ4v) is 2.30. The molecule has 0 aliphatic carbocycles. The summed E-state index contributed by atoms with van der Waals surface area (Å²) in [6.07, 6.45) is -0.109. The lowest BCUT2D eigenvalue weighted by Gasteiger charge is -2.28. The van der Waals surface area contributed by atoms with Crippen LogP contribution >= 0.6 is 0 Å². The molecule has 0 aliphatic heterocycles. The Hall–Kier alpha value is -1.39. The topological polar surface area (TPSA) is 55.8 Å². The number of ether oxygens (including phenoxy) is 2. The molecule has 0 heterocycles. The Morgan fingerprint density at radius 2 is 1.95 bits per heavy atom. The van der Waals surface area contributed by atoms with Crippen LogP contribution in [0.2, 0.25) is 0 Å². The van der Waals surface area contributed by atoms with Crippen LogP contribution in [-0.2, 0) is 19.7 Å². The van der Waals surface area contributed by atoms with Crippen LogP contribution in [0.15, 0.2) is 24.3 Å². The van der Waals surface area contributed by atoms with Crippen LogP contribution in [-0.4, -0.2) is 31.9 Å². The average Bonchev–Trinajstić information content (AvgIpc) is 2.34. The highest BCUT2D eigenvalue weighted by molar-refractivity contribution is 5.69. The van der Waals surface area contributed by atoms with Gasteiger partial charge < -0.3 is 14.6 Å². The van der Waals surface area contributed by atoms with Crippen molar-refractivity contribution in [2.24, 2.45) is 0 Å². The van der Waals surface area contributed by atoms with E-state index in [4.69, 9.17) is 14.6 Å². The van der Waals surface area contributed by atoms with E-state index in [9.17, 15) is 4.79 Å². The van der Waals surface area contributed by atoms with Crippen molar-refractivity contribution in [3.63, 3.8) is 0 Å². The molecule has 0 aliphatic rings.